The average molecular weight is 114 g/mol. The molecule has 0 fully saturated rings. The van der Waals surface area contributed by atoms with Crippen LogP contribution in [0.1, 0.15) is 13.3 Å². The van der Waals surface area contributed by atoms with E-state index in [2.05, 4.69) is 13.5 Å². The smallest absolute Gasteiger partial charge is 0.0524 e. The molecule has 0 aromatic carbocycles. The van der Waals surface area contributed by atoms with Gasteiger partial charge in [0.2, 0.25) is 0 Å². The monoisotopic (exact) mass is 114 g/mol. The van der Waals surface area contributed by atoms with Gasteiger partial charge in [-0.15, -0.1) is 6.58 Å². The third-order valence-electron chi connectivity index (χ3n) is 1.24. The first kappa shape index (κ1) is 7.70. The first-order valence-corrected chi connectivity index (χ1v) is 2.96. The van der Waals surface area contributed by atoms with Gasteiger partial charge in [-0.25, -0.2) is 0 Å². The topological polar surface area (TPSA) is 9.23 Å². The minimum atomic E-state index is 0.542. The average Bonchev–Trinajstić information content (AvgIpc) is 1.83. The summed E-state index contributed by atoms with van der Waals surface area (Å²) in [5.41, 5.74) is 0. The van der Waals surface area contributed by atoms with Crippen molar-refractivity contribution in [2.24, 2.45) is 5.92 Å². The number of hydrogen-bond donors (Lipinski definition) is 0. The van der Waals surface area contributed by atoms with E-state index in [-0.39, 0.29) is 0 Å². The maximum absolute atomic E-state index is 4.91. The lowest BCUT2D eigenvalue weighted by Gasteiger charge is -2.05. The van der Waals surface area contributed by atoms with Gasteiger partial charge in [-0.2, -0.15) is 0 Å². The molecule has 1 atom stereocenters. The summed E-state index contributed by atoms with van der Waals surface area (Å²) in [5.74, 6) is 0.542. The zero-order valence-corrected chi connectivity index (χ0v) is 5.68. The zero-order chi connectivity index (χ0) is 6.41. The molecule has 0 N–H and O–H groups in total. The van der Waals surface area contributed by atoms with Gasteiger partial charge in [0.1, 0.15) is 0 Å². The Hall–Kier alpha value is -0.300. The van der Waals surface area contributed by atoms with Crippen LogP contribution in [0.4, 0.5) is 0 Å². The third kappa shape index (κ3) is 2.80. The van der Waals surface area contributed by atoms with Gasteiger partial charge >= 0.3 is 0 Å². The van der Waals surface area contributed by atoms with Crippen LogP contribution in [0.3, 0.4) is 0 Å². The normalized spacial score (nSPS) is 13.2. The minimum Gasteiger partial charge on any atom is -0.384 e. The highest BCUT2D eigenvalue weighted by atomic mass is 16.5. The van der Waals surface area contributed by atoms with Crippen molar-refractivity contribution in [3.8, 4) is 0 Å². The molecule has 0 saturated carbocycles. The quantitative estimate of drug-likeness (QED) is 0.507. The molecule has 0 aliphatic carbocycles. The largest absolute Gasteiger partial charge is 0.384 e. The van der Waals surface area contributed by atoms with Crippen LogP contribution < -0.4 is 0 Å². The van der Waals surface area contributed by atoms with E-state index in [4.69, 9.17) is 4.74 Å². The summed E-state index contributed by atoms with van der Waals surface area (Å²) >= 11 is 0. The number of ether oxygens (including phenoxy) is 1. The van der Waals surface area contributed by atoms with E-state index < -0.39 is 0 Å². The van der Waals surface area contributed by atoms with Gasteiger partial charge in [-0.05, 0) is 12.3 Å². The second kappa shape index (κ2) is 4.85. The van der Waals surface area contributed by atoms with Crippen LogP contribution in [-0.2, 0) is 4.74 Å². The number of hydrogen-bond acceptors (Lipinski definition) is 1. The lowest BCUT2D eigenvalue weighted by molar-refractivity contribution is 0.168. The fourth-order valence-electron chi connectivity index (χ4n) is 0.567. The molecule has 0 rings (SSSR count). The highest BCUT2D eigenvalue weighted by Crippen LogP contribution is 2.01. The molecule has 48 valence electrons. The Balaban J connectivity index is 3.21. The van der Waals surface area contributed by atoms with Gasteiger partial charge in [0, 0.05) is 7.11 Å². The van der Waals surface area contributed by atoms with Gasteiger partial charge < -0.3 is 4.74 Å². The molecular weight excluding hydrogens is 100 g/mol. The first-order chi connectivity index (χ1) is 3.85. The number of rotatable bonds is 4. The molecule has 8 heavy (non-hydrogen) atoms. The standard InChI is InChI=1S/C7H14O/c1-4-7(5-2)6-8-3/h4,7H,1,5-6H2,2-3H3. The van der Waals surface area contributed by atoms with Crippen molar-refractivity contribution < 1.29 is 4.74 Å². The molecule has 1 nitrogen and oxygen atoms in total. The number of methoxy groups -OCH3 is 1. The van der Waals surface area contributed by atoms with Crippen molar-refractivity contribution in [2.45, 2.75) is 13.3 Å². The van der Waals surface area contributed by atoms with E-state index in [0.29, 0.717) is 5.92 Å². The Morgan fingerprint density at radius 3 is 2.50 bits per heavy atom. The van der Waals surface area contributed by atoms with E-state index in [9.17, 15) is 0 Å². The minimum absolute atomic E-state index is 0.542. The van der Waals surface area contributed by atoms with Gasteiger partial charge in [0.05, 0.1) is 6.61 Å². The van der Waals surface area contributed by atoms with E-state index in [1.54, 1.807) is 7.11 Å². The Labute approximate surface area is 51.4 Å². The summed E-state index contributed by atoms with van der Waals surface area (Å²) < 4.78 is 4.91. The Bertz CT molecular complexity index is 59.4. The molecule has 0 saturated heterocycles. The maximum atomic E-state index is 4.91. The van der Waals surface area contributed by atoms with Crippen molar-refractivity contribution in [3.05, 3.63) is 12.7 Å². The van der Waals surface area contributed by atoms with Crippen LogP contribution in [0.25, 0.3) is 0 Å². The summed E-state index contributed by atoms with van der Waals surface area (Å²) in [5, 5.41) is 0. The van der Waals surface area contributed by atoms with Gasteiger partial charge in [0.25, 0.3) is 0 Å². The van der Waals surface area contributed by atoms with Gasteiger partial charge in [0.15, 0.2) is 0 Å². The van der Waals surface area contributed by atoms with Crippen LogP contribution >= 0.6 is 0 Å². The summed E-state index contributed by atoms with van der Waals surface area (Å²) in [6.45, 7) is 6.61. The van der Waals surface area contributed by atoms with E-state index >= 15 is 0 Å². The Morgan fingerprint density at radius 2 is 2.38 bits per heavy atom. The van der Waals surface area contributed by atoms with Crippen LogP contribution in [0.15, 0.2) is 12.7 Å². The van der Waals surface area contributed by atoms with Gasteiger partial charge in [-0.3, -0.25) is 0 Å². The summed E-state index contributed by atoms with van der Waals surface area (Å²) in [6, 6.07) is 0. The second-order valence-corrected chi connectivity index (χ2v) is 1.86. The molecule has 0 bridgehead atoms. The molecule has 0 aromatic rings. The molecule has 0 aliphatic rings. The van der Waals surface area contributed by atoms with Crippen molar-refractivity contribution in [1.29, 1.82) is 0 Å². The Kier molecular flexibility index (Phi) is 4.67. The van der Waals surface area contributed by atoms with Crippen LogP contribution in [0, 0.1) is 5.92 Å². The summed E-state index contributed by atoms with van der Waals surface area (Å²) in [6.07, 6.45) is 3.06. The van der Waals surface area contributed by atoms with Crippen molar-refractivity contribution in [1.82, 2.24) is 0 Å². The second-order valence-electron chi connectivity index (χ2n) is 1.86. The maximum Gasteiger partial charge on any atom is 0.0524 e. The van der Waals surface area contributed by atoms with Crippen molar-refractivity contribution in [2.75, 3.05) is 13.7 Å². The van der Waals surface area contributed by atoms with Gasteiger partial charge in [-0.1, -0.05) is 13.0 Å². The van der Waals surface area contributed by atoms with Crippen LogP contribution in [0.5, 0.6) is 0 Å². The fourth-order valence-corrected chi connectivity index (χ4v) is 0.567. The van der Waals surface area contributed by atoms with Crippen LogP contribution in [0.2, 0.25) is 0 Å². The van der Waals surface area contributed by atoms with E-state index in [1.807, 2.05) is 6.08 Å². The molecule has 0 aromatic heterocycles. The van der Waals surface area contributed by atoms with E-state index in [1.165, 1.54) is 0 Å². The Morgan fingerprint density at radius 1 is 1.75 bits per heavy atom. The molecular formula is C7H14O. The van der Waals surface area contributed by atoms with Crippen molar-refractivity contribution >= 4 is 0 Å². The molecule has 0 aliphatic heterocycles. The summed E-state index contributed by atoms with van der Waals surface area (Å²) in [7, 11) is 1.71. The highest BCUT2D eigenvalue weighted by Gasteiger charge is 1.96. The summed E-state index contributed by atoms with van der Waals surface area (Å²) in [4.78, 5) is 0. The molecule has 0 amide bonds. The predicted molar refractivity (Wildman–Crippen MR) is 35.9 cm³/mol. The fraction of sp³-hybridized carbons (Fsp3) is 0.714. The van der Waals surface area contributed by atoms with Crippen molar-refractivity contribution in [3.63, 3.8) is 0 Å². The molecule has 1 heteroatoms. The lowest BCUT2D eigenvalue weighted by atomic mass is 10.1. The molecule has 0 radical (unpaired) electrons. The lowest BCUT2D eigenvalue weighted by Crippen LogP contribution is -2.02. The molecule has 1 unspecified atom stereocenters. The molecule has 0 spiro atoms. The van der Waals surface area contributed by atoms with Crippen LogP contribution in [-0.4, -0.2) is 13.7 Å². The molecule has 0 heterocycles. The zero-order valence-electron chi connectivity index (χ0n) is 5.68. The third-order valence-corrected chi connectivity index (χ3v) is 1.24. The first-order valence-electron chi connectivity index (χ1n) is 2.96. The highest BCUT2D eigenvalue weighted by molar-refractivity contribution is 4.76. The SMILES string of the molecule is C=CC(CC)COC. The van der Waals surface area contributed by atoms with E-state index in [0.717, 1.165) is 13.0 Å². The predicted octanol–water partition coefficient (Wildman–Crippen LogP) is 1.84.